The minimum atomic E-state index is -0.519. The van der Waals surface area contributed by atoms with Crippen molar-refractivity contribution in [3.8, 4) is 5.75 Å². The molecule has 1 heterocycles. The third-order valence-electron chi connectivity index (χ3n) is 3.29. The highest BCUT2D eigenvalue weighted by atomic mass is 19.1. The molecule has 3 aromatic rings. The van der Waals surface area contributed by atoms with Crippen LogP contribution in [0.2, 0.25) is 0 Å². The highest BCUT2D eigenvalue weighted by Crippen LogP contribution is 2.16. The van der Waals surface area contributed by atoms with E-state index in [1.807, 2.05) is 24.3 Å². The van der Waals surface area contributed by atoms with Gasteiger partial charge in [0.25, 0.3) is 5.91 Å². The van der Waals surface area contributed by atoms with Gasteiger partial charge in [-0.3, -0.25) is 10.1 Å². The van der Waals surface area contributed by atoms with Gasteiger partial charge in [-0.1, -0.05) is 23.3 Å². The van der Waals surface area contributed by atoms with Crippen LogP contribution < -0.4 is 10.1 Å². The number of halogens is 1. The number of carbonyl (C=O) groups excluding carboxylic acids is 1. The number of carbonyl (C=O) groups is 1. The van der Waals surface area contributed by atoms with Crippen molar-refractivity contribution in [2.24, 2.45) is 0 Å². The number of amides is 1. The zero-order valence-corrected chi connectivity index (χ0v) is 12.8. The molecule has 0 unspecified atom stereocenters. The first-order valence-electron chi connectivity index (χ1n) is 7.16. The number of rotatable bonds is 5. The van der Waals surface area contributed by atoms with Crippen LogP contribution in [-0.4, -0.2) is 23.2 Å². The highest BCUT2D eigenvalue weighted by Gasteiger charge is 2.12. The van der Waals surface area contributed by atoms with Gasteiger partial charge in [0.05, 0.1) is 13.5 Å². The van der Waals surface area contributed by atoms with E-state index in [4.69, 9.17) is 9.15 Å². The number of nitrogens with zero attached hydrogens (tertiary/aromatic N) is 2. The maximum Gasteiger partial charge on any atom is 0.322 e. The van der Waals surface area contributed by atoms with Crippen molar-refractivity contribution < 1.29 is 18.3 Å². The van der Waals surface area contributed by atoms with Gasteiger partial charge >= 0.3 is 6.01 Å². The van der Waals surface area contributed by atoms with Crippen LogP contribution >= 0.6 is 0 Å². The Morgan fingerprint density at radius 1 is 1.21 bits per heavy atom. The Labute approximate surface area is 137 Å². The van der Waals surface area contributed by atoms with Crippen LogP contribution in [0.4, 0.5) is 10.4 Å². The quantitative estimate of drug-likeness (QED) is 0.779. The van der Waals surface area contributed by atoms with Gasteiger partial charge in [-0.25, -0.2) is 4.39 Å². The standard InChI is InChI=1S/C17H14FN3O3/c1-23-14-7-5-11(6-8-14)9-15-20-21-17(24-15)19-16(22)12-3-2-4-13(18)10-12/h2-8,10H,9H2,1H3,(H,19,21,22). The molecular formula is C17H14FN3O3. The topological polar surface area (TPSA) is 77.3 Å². The molecule has 1 amide bonds. The Kier molecular flexibility index (Phi) is 4.51. The molecule has 0 saturated heterocycles. The predicted octanol–water partition coefficient (Wildman–Crippen LogP) is 3.06. The summed E-state index contributed by atoms with van der Waals surface area (Å²) in [4.78, 5) is 12.0. The Morgan fingerprint density at radius 3 is 2.71 bits per heavy atom. The number of nitrogens with one attached hydrogen (secondary N) is 1. The fraction of sp³-hybridized carbons (Fsp3) is 0.118. The molecule has 0 aliphatic carbocycles. The normalized spacial score (nSPS) is 10.4. The van der Waals surface area contributed by atoms with Gasteiger partial charge in [0.1, 0.15) is 11.6 Å². The summed E-state index contributed by atoms with van der Waals surface area (Å²) in [5.41, 5.74) is 1.13. The lowest BCUT2D eigenvalue weighted by Crippen LogP contribution is -2.12. The first-order chi connectivity index (χ1) is 11.6. The van der Waals surface area contributed by atoms with Crippen molar-refractivity contribution in [2.75, 3.05) is 12.4 Å². The molecule has 0 aliphatic heterocycles. The van der Waals surface area contributed by atoms with E-state index in [1.165, 1.54) is 18.2 Å². The zero-order chi connectivity index (χ0) is 16.9. The molecule has 0 bridgehead atoms. The number of ether oxygens (including phenoxy) is 1. The minimum Gasteiger partial charge on any atom is -0.497 e. The summed E-state index contributed by atoms with van der Waals surface area (Å²) >= 11 is 0. The minimum absolute atomic E-state index is 0.0345. The van der Waals surface area contributed by atoms with Crippen molar-refractivity contribution in [3.05, 3.63) is 71.4 Å². The molecule has 0 spiro atoms. The van der Waals surface area contributed by atoms with Crippen LogP contribution in [0.3, 0.4) is 0 Å². The third kappa shape index (κ3) is 3.75. The van der Waals surface area contributed by atoms with Crippen molar-refractivity contribution in [2.45, 2.75) is 6.42 Å². The van der Waals surface area contributed by atoms with Crippen molar-refractivity contribution in [3.63, 3.8) is 0 Å². The van der Waals surface area contributed by atoms with Crippen LogP contribution in [0.25, 0.3) is 0 Å². The van der Waals surface area contributed by atoms with E-state index in [9.17, 15) is 9.18 Å². The summed E-state index contributed by atoms with van der Waals surface area (Å²) in [6, 6.07) is 12.7. The van der Waals surface area contributed by atoms with Crippen LogP contribution in [0, 0.1) is 5.82 Å². The largest absolute Gasteiger partial charge is 0.497 e. The zero-order valence-electron chi connectivity index (χ0n) is 12.8. The molecule has 0 fully saturated rings. The summed E-state index contributed by atoms with van der Waals surface area (Å²) in [5, 5.41) is 10.1. The maximum absolute atomic E-state index is 13.1. The highest BCUT2D eigenvalue weighted by molar-refractivity contribution is 6.03. The number of aromatic nitrogens is 2. The lowest BCUT2D eigenvalue weighted by atomic mass is 10.1. The van der Waals surface area contributed by atoms with Crippen LogP contribution in [-0.2, 0) is 6.42 Å². The average molecular weight is 327 g/mol. The fourth-order valence-corrected chi connectivity index (χ4v) is 2.09. The Morgan fingerprint density at radius 2 is 2.00 bits per heavy atom. The molecule has 0 radical (unpaired) electrons. The van der Waals surface area contributed by atoms with E-state index >= 15 is 0 Å². The van der Waals surface area contributed by atoms with Gasteiger partial charge in [0, 0.05) is 5.56 Å². The van der Waals surface area contributed by atoms with Crippen molar-refractivity contribution in [1.82, 2.24) is 10.2 Å². The summed E-state index contributed by atoms with van der Waals surface area (Å²) < 4.78 is 23.6. The fourth-order valence-electron chi connectivity index (χ4n) is 2.09. The molecule has 1 N–H and O–H groups in total. The molecule has 24 heavy (non-hydrogen) atoms. The van der Waals surface area contributed by atoms with E-state index in [0.29, 0.717) is 12.3 Å². The molecule has 7 heteroatoms. The second kappa shape index (κ2) is 6.91. The van der Waals surface area contributed by atoms with E-state index in [2.05, 4.69) is 15.5 Å². The van der Waals surface area contributed by atoms with E-state index in [1.54, 1.807) is 7.11 Å². The number of hydrogen-bond donors (Lipinski definition) is 1. The molecule has 0 saturated carbocycles. The smallest absolute Gasteiger partial charge is 0.322 e. The van der Waals surface area contributed by atoms with Gasteiger partial charge < -0.3 is 9.15 Å². The summed E-state index contributed by atoms with van der Waals surface area (Å²) in [6.07, 6.45) is 0.423. The average Bonchev–Trinajstić information content (AvgIpc) is 3.02. The third-order valence-corrected chi connectivity index (χ3v) is 3.29. The lowest BCUT2D eigenvalue weighted by Gasteiger charge is -2.01. The second-order valence-electron chi connectivity index (χ2n) is 4.99. The van der Waals surface area contributed by atoms with Crippen molar-refractivity contribution >= 4 is 11.9 Å². The van der Waals surface area contributed by atoms with E-state index in [0.717, 1.165) is 17.4 Å². The Hall–Kier alpha value is -3.22. The second-order valence-corrected chi connectivity index (χ2v) is 4.99. The SMILES string of the molecule is COc1ccc(Cc2nnc(NC(=O)c3cccc(F)c3)o2)cc1. The number of benzene rings is 2. The van der Waals surface area contributed by atoms with Gasteiger partial charge in [-0.2, -0.15) is 0 Å². The van der Waals surface area contributed by atoms with Gasteiger partial charge in [0.2, 0.25) is 5.89 Å². The molecule has 0 atom stereocenters. The van der Waals surface area contributed by atoms with Gasteiger partial charge in [-0.15, -0.1) is 5.10 Å². The monoisotopic (exact) mass is 327 g/mol. The van der Waals surface area contributed by atoms with Crippen LogP contribution in [0.1, 0.15) is 21.8 Å². The van der Waals surface area contributed by atoms with Gasteiger partial charge in [0.15, 0.2) is 0 Å². The van der Waals surface area contributed by atoms with Crippen LogP contribution in [0.15, 0.2) is 52.9 Å². The Balaban J connectivity index is 1.65. The summed E-state index contributed by atoms with van der Waals surface area (Å²) in [5.74, 6) is 0.101. The first kappa shape index (κ1) is 15.7. The van der Waals surface area contributed by atoms with Crippen LogP contribution in [0.5, 0.6) is 5.75 Å². The van der Waals surface area contributed by atoms with Crippen molar-refractivity contribution in [1.29, 1.82) is 0 Å². The molecule has 6 nitrogen and oxygen atoms in total. The lowest BCUT2D eigenvalue weighted by molar-refractivity contribution is 0.102. The van der Waals surface area contributed by atoms with E-state index in [-0.39, 0.29) is 11.6 Å². The summed E-state index contributed by atoms with van der Waals surface area (Å²) in [7, 11) is 1.60. The number of hydrogen-bond acceptors (Lipinski definition) is 5. The first-order valence-corrected chi connectivity index (χ1v) is 7.16. The number of anilines is 1. The maximum atomic E-state index is 13.1. The summed E-state index contributed by atoms with van der Waals surface area (Å²) in [6.45, 7) is 0. The Bertz CT molecular complexity index is 846. The molecular weight excluding hydrogens is 313 g/mol. The van der Waals surface area contributed by atoms with Gasteiger partial charge in [-0.05, 0) is 35.9 Å². The van der Waals surface area contributed by atoms with E-state index < -0.39 is 11.7 Å². The molecule has 0 aliphatic rings. The molecule has 3 rings (SSSR count). The predicted molar refractivity (Wildman–Crippen MR) is 84.5 cm³/mol. The number of methoxy groups -OCH3 is 1. The molecule has 2 aromatic carbocycles. The molecule has 1 aromatic heterocycles. The molecule has 122 valence electrons.